The molecule has 92 valence electrons. The summed E-state index contributed by atoms with van der Waals surface area (Å²) < 4.78 is 12.6. The van der Waals surface area contributed by atoms with Gasteiger partial charge < -0.3 is 11.1 Å². The van der Waals surface area contributed by atoms with E-state index in [0.717, 1.165) is 12.0 Å². The average molecular weight is 236 g/mol. The first-order valence-corrected chi connectivity index (χ1v) is 5.55. The van der Waals surface area contributed by atoms with Gasteiger partial charge in [-0.3, -0.25) is 4.79 Å². The number of rotatable bonds is 5. The summed E-state index contributed by atoms with van der Waals surface area (Å²) >= 11 is 0. The van der Waals surface area contributed by atoms with Crippen molar-refractivity contribution in [3.8, 4) is 0 Å². The molecule has 0 aromatic heterocycles. The fourth-order valence-electron chi connectivity index (χ4n) is 1.23. The number of carbonyl (C=O) groups excluding carboxylic acids is 1. The van der Waals surface area contributed by atoms with Crippen LogP contribution in [0.5, 0.6) is 0 Å². The Balaban J connectivity index is 2.37. The van der Waals surface area contributed by atoms with Gasteiger partial charge in [0, 0.05) is 18.7 Å². The Morgan fingerprint density at radius 3 is 2.71 bits per heavy atom. The van der Waals surface area contributed by atoms with Crippen LogP contribution >= 0.6 is 0 Å². The lowest BCUT2D eigenvalue weighted by Gasteiger charge is -2.04. The van der Waals surface area contributed by atoms with Crippen molar-refractivity contribution >= 4 is 12.0 Å². The Kier molecular flexibility index (Phi) is 5.36. The van der Waals surface area contributed by atoms with Crippen LogP contribution in [0.25, 0.3) is 6.08 Å². The summed E-state index contributed by atoms with van der Waals surface area (Å²) in [7, 11) is 0. The highest BCUT2D eigenvalue weighted by molar-refractivity contribution is 5.91. The number of halogens is 1. The summed E-state index contributed by atoms with van der Waals surface area (Å²) in [6.45, 7) is 2.45. The lowest BCUT2D eigenvalue weighted by atomic mass is 10.2. The molecule has 0 saturated heterocycles. The fourth-order valence-corrected chi connectivity index (χ4v) is 1.23. The lowest BCUT2D eigenvalue weighted by molar-refractivity contribution is -0.116. The smallest absolute Gasteiger partial charge is 0.243 e. The Morgan fingerprint density at radius 1 is 1.47 bits per heavy atom. The average Bonchev–Trinajstić information content (AvgIpc) is 2.28. The van der Waals surface area contributed by atoms with Gasteiger partial charge in [0.2, 0.25) is 5.91 Å². The minimum absolute atomic E-state index is 0.0800. The molecule has 1 aromatic carbocycles. The van der Waals surface area contributed by atoms with Gasteiger partial charge in [0.05, 0.1) is 0 Å². The van der Waals surface area contributed by atoms with Crippen molar-refractivity contribution in [1.82, 2.24) is 5.32 Å². The Hall–Kier alpha value is -1.68. The quantitative estimate of drug-likeness (QED) is 0.764. The lowest BCUT2D eigenvalue weighted by Crippen LogP contribution is -2.27. The third-order valence-corrected chi connectivity index (χ3v) is 2.20. The largest absolute Gasteiger partial charge is 0.352 e. The molecule has 0 heterocycles. The van der Waals surface area contributed by atoms with E-state index in [1.54, 1.807) is 18.2 Å². The summed E-state index contributed by atoms with van der Waals surface area (Å²) in [4.78, 5) is 11.4. The van der Waals surface area contributed by atoms with Gasteiger partial charge in [-0.1, -0.05) is 12.1 Å². The van der Waals surface area contributed by atoms with Crippen LogP contribution < -0.4 is 11.1 Å². The Labute approximate surface area is 101 Å². The monoisotopic (exact) mass is 236 g/mol. The van der Waals surface area contributed by atoms with Gasteiger partial charge in [0.25, 0.3) is 0 Å². The summed E-state index contributed by atoms with van der Waals surface area (Å²) in [5.74, 6) is -0.460. The predicted octanol–water partition coefficient (Wildman–Crippen LogP) is 1.69. The van der Waals surface area contributed by atoms with Crippen LogP contribution in [0.4, 0.5) is 4.39 Å². The molecule has 4 heteroatoms. The summed E-state index contributed by atoms with van der Waals surface area (Å²) in [5, 5.41) is 2.72. The van der Waals surface area contributed by atoms with Crippen LogP contribution in [0.15, 0.2) is 30.3 Å². The first kappa shape index (κ1) is 13.4. The molecule has 3 nitrogen and oxygen atoms in total. The van der Waals surface area contributed by atoms with Crippen LogP contribution in [-0.4, -0.2) is 18.5 Å². The molecule has 0 aliphatic rings. The van der Waals surface area contributed by atoms with Crippen molar-refractivity contribution in [3.63, 3.8) is 0 Å². The van der Waals surface area contributed by atoms with E-state index in [0.29, 0.717) is 6.54 Å². The molecule has 1 amide bonds. The molecule has 17 heavy (non-hydrogen) atoms. The number of hydrogen-bond donors (Lipinski definition) is 2. The maximum Gasteiger partial charge on any atom is 0.243 e. The summed E-state index contributed by atoms with van der Waals surface area (Å²) in [6, 6.07) is 6.01. The predicted molar refractivity (Wildman–Crippen MR) is 66.7 cm³/mol. The second-order valence-electron chi connectivity index (χ2n) is 3.94. The standard InChI is InChI=1S/C13H17FN2O/c1-10(15)8-9-16-13(17)7-4-11-2-5-12(14)6-3-11/h2-7,10H,8-9,15H2,1H3,(H,16,17)/b7-4+. The maximum absolute atomic E-state index is 12.6. The van der Waals surface area contributed by atoms with Crippen molar-refractivity contribution in [1.29, 1.82) is 0 Å². The summed E-state index contributed by atoms with van der Waals surface area (Å²) in [6.07, 6.45) is 3.81. The van der Waals surface area contributed by atoms with E-state index in [4.69, 9.17) is 5.73 Å². The molecular weight excluding hydrogens is 219 g/mol. The highest BCUT2D eigenvalue weighted by Gasteiger charge is 1.97. The van der Waals surface area contributed by atoms with Crippen molar-refractivity contribution < 1.29 is 9.18 Å². The molecule has 1 unspecified atom stereocenters. The molecule has 0 aliphatic heterocycles. The normalized spacial score (nSPS) is 12.6. The van der Waals surface area contributed by atoms with E-state index in [9.17, 15) is 9.18 Å². The van der Waals surface area contributed by atoms with Gasteiger partial charge in [-0.2, -0.15) is 0 Å². The zero-order valence-corrected chi connectivity index (χ0v) is 9.82. The molecule has 1 rings (SSSR count). The minimum Gasteiger partial charge on any atom is -0.352 e. The molecular formula is C13H17FN2O. The maximum atomic E-state index is 12.6. The van der Waals surface area contributed by atoms with Crippen molar-refractivity contribution in [3.05, 3.63) is 41.7 Å². The molecule has 0 radical (unpaired) electrons. The van der Waals surface area contributed by atoms with E-state index >= 15 is 0 Å². The van der Waals surface area contributed by atoms with Gasteiger partial charge in [-0.15, -0.1) is 0 Å². The number of amides is 1. The Morgan fingerprint density at radius 2 is 2.12 bits per heavy atom. The van der Waals surface area contributed by atoms with Crippen LogP contribution in [0.3, 0.4) is 0 Å². The summed E-state index contributed by atoms with van der Waals surface area (Å²) in [5.41, 5.74) is 6.34. The first-order valence-electron chi connectivity index (χ1n) is 5.55. The highest BCUT2D eigenvalue weighted by Crippen LogP contribution is 2.04. The number of nitrogens with two attached hydrogens (primary N) is 1. The molecule has 0 aliphatic carbocycles. The van der Waals surface area contributed by atoms with Crippen LogP contribution in [0.2, 0.25) is 0 Å². The molecule has 3 N–H and O–H groups in total. The fraction of sp³-hybridized carbons (Fsp3) is 0.308. The first-order chi connectivity index (χ1) is 8.08. The Bertz CT molecular complexity index is 385. The highest BCUT2D eigenvalue weighted by atomic mass is 19.1. The number of benzene rings is 1. The SMILES string of the molecule is CC(N)CCNC(=O)/C=C/c1ccc(F)cc1. The number of carbonyl (C=O) groups is 1. The van der Waals surface area contributed by atoms with E-state index in [1.165, 1.54) is 18.2 Å². The second kappa shape index (κ2) is 6.81. The molecule has 1 aromatic rings. The second-order valence-corrected chi connectivity index (χ2v) is 3.94. The third-order valence-electron chi connectivity index (χ3n) is 2.20. The molecule has 0 spiro atoms. The van der Waals surface area contributed by atoms with Crippen molar-refractivity contribution in [2.75, 3.05) is 6.54 Å². The van der Waals surface area contributed by atoms with Gasteiger partial charge in [0.15, 0.2) is 0 Å². The van der Waals surface area contributed by atoms with E-state index in [-0.39, 0.29) is 17.8 Å². The molecule has 0 saturated carbocycles. The van der Waals surface area contributed by atoms with E-state index in [2.05, 4.69) is 5.32 Å². The topological polar surface area (TPSA) is 55.1 Å². The van der Waals surface area contributed by atoms with Gasteiger partial charge in [0.1, 0.15) is 5.82 Å². The third kappa shape index (κ3) is 5.82. The number of hydrogen-bond acceptors (Lipinski definition) is 2. The van der Waals surface area contributed by atoms with Gasteiger partial charge in [-0.05, 0) is 37.1 Å². The van der Waals surface area contributed by atoms with E-state index < -0.39 is 0 Å². The molecule has 0 fully saturated rings. The van der Waals surface area contributed by atoms with Crippen LogP contribution in [0, 0.1) is 5.82 Å². The van der Waals surface area contributed by atoms with Crippen molar-refractivity contribution in [2.24, 2.45) is 5.73 Å². The zero-order chi connectivity index (χ0) is 12.7. The van der Waals surface area contributed by atoms with E-state index in [1.807, 2.05) is 6.92 Å². The zero-order valence-electron chi connectivity index (χ0n) is 9.82. The molecule has 0 bridgehead atoms. The van der Waals surface area contributed by atoms with Gasteiger partial charge >= 0.3 is 0 Å². The van der Waals surface area contributed by atoms with Crippen molar-refractivity contribution in [2.45, 2.75) is 19.4 Å². The van der Waals surface area contributed by atoms with Gasteiger partial charge in [-0.25, -0.2) is 4.39 Å². The minimum atomic E-state index is -0.288. The molecule has 1 atom stereocenters. The van der Waals surface area contributed by atoms with Crippen LogP contribution in [0.1, 0.15) is 18.9 Å². The number of nitrogens with one attached hydrogen (secondary N) is 1. The van der Waals surface area contributed by atoms with Crippen LogP contribution in [-0.2, 0) is 4.79 Å².